The van der Waals surface area contributed by atoms with Gasteiger partial charge in [0.25, 0.3) is 0 Å². The first-order valence-electron chi connectivity index (χ1n) is 10.3. The number of carbonyl (C=O) groups excluding carboxylic acids is 1. The first kappa shape index (κ1) is 22.3. The summed E-state index contributed by atoms with van der Waals surface area (Å²) in [6, 6.07) is 14.0. The fraction of sp³-hybridized carbons (Fsp3) is 0.391. The third-order valence-corrected chi connectivity index (χ3v) is 5.97. The molecular weight excluding hydrogens is 521 g/mol. The largest absolute Gasteiger partial charge is 0.472 e. The monoisotopic (exact) mass is 545 g/mol. The van der Waals surface area contributed by atoms with Crippen LogP contribution in [0.3, 0.4) is 0 Å². The Bertz CT molecular complexity index is 1170. The number of pyridine rings is 1. The van der Waals surface area contributed by atoms with E-state index in [1.807, 2.05) is 61.9 Å². The van der Waals surface area contributed by atoms with Gasteiger partial charge in [0.2, 0.25) is 5.88 Å². The number of carbonyl (C=O) groups is 1. The zero-order chi connectivity index (χ0) is 22.9. The van der Waals surface area contributed by atoms with E-state index in [1.165, 1.54) is 0 Å². The molecule has 166 valence electrons. The summed E-state index contributed by atoms with van der Waals surface area (Å²) in [5.41, 5.74) is 0.675. The highest BCUT2D eigenvalue weighted by atomic mass is 127. The van der Waals surface area contributed by atoms with Gasteiger partial charge in [-0.1, -0.05) is 30.3 Å². The summed E-state index contributed by atoms with van der Waals surface area (Å²) in [7, 11) is 0. The standard InChI is InChI=1S/C23H24IN5O3/c1-22(2,3)32-21(30)28-14-23(15-28,10-11-25)29-17-9-12-26-20(18(17)19(24)27-29)31-13-16-7-5-4-6-8-16/h4-9,12H,10,13-15H2,1-3H3. The first-order valence-corrected chi connectivity index (χ1v) is 11.4. The molecule has 0 atom stereocenters. The number of hydrogen-bond acceptors (Lipinski definition) is 6. The lowest BCUT2D eigenvalue weighted by atomic mass is 9.87. The van der Waals surface area contributed by atoms with Crippen molar-refractivity contribution in [2.45, 2.75) is 44.9 Å². The molecule has 4 rings (SSSR count). The summed E-state index contributed by atoms with van der Waals surface area (Å²) < 4.78 is 14.1. The van der Waals surface area contributed by atoms with Crippen LogP contribution in [0.2, 0.25) is 0 Å². The van der Waals surface area contributed by atoms with Crippen molar-refractivity contribution in [3.63, 3.8) is 0 Å². The Hall–Kier alpha value is -2.87. The molecule has 1 saturated heterocycles. The topological polar surface area (TPSA) is 93.3 Å². The molecule has 1 amide bonds. The molecule has 1 aliphatic rings. The minimum absolute atomic E-state index is 0.224. The second-order valence-electron chi connectivity index (χ2n) is 8.88. The molecule has 0 radical (unpaired) electrons. The van der Waals surface area contributed by atoms with Gasteiger partial charge in [-0.15, -0.1) is 0 Å². The van der Waals surface area contributed by atoms with E-state index in [9.17, 15) is 10.1 Å². The number of hydrogen-bond donors (Lipinski definition) is 0. The number of likely N-dealkylation sites (tertiary alicyclic amines) is 1. The van der Waals surface area contributed by atoms with Gasteiger partial charge in [-0.3, -0.25) is 4.68 Å². The summed E-state index contributed by atoms with van der Waals surface area (Å²) in [5.74, 6) is 0.498. The number of rotatable bonds is 5. The zero-order valence-electron chi connectivity index (χ0n) is 18.2. The number of benzene rings is 1. The van der Waals surface area contributed by atoms with Crippen molar-refractivity contribution in [2.24, 2.45) is 0 Å². The maximum Gasteiger partial charge on any atom is 0.410 e. The number of nitriles is 1. The van der Waals surface area contributed by atoms with E-state index in [0.717, 1.165) is 20.2 Å². The van der Waals surface area contributed by atoms with Crippen molar-refractivity contribution < 1.29 is 14.3 Å². The van der Waals surface area contributed by atoms with Gasteiger partial charge in [0.1, 0.15) is 21.4 Å². The van der Waals surface area contributed by atoms with Crippen LogP contribution in [0.1, 0.15) is 32.8 Å². The number of halogens is 1. The van der Waals surface area contributed by atoms with Crippen molar-refractivity contribution in [3.05, 3.63) is 51.9 Å². The second-order valence-corrected chi connectivity index (χ2v) is 9.90. The fourth-order valence-electron chi connectivity index (χ4n) is 3.78. The Kier molecular flexibility index (Phi) is 5.99. The molecule has 1 aliphatic heterocycles. The first-order chi connectivity index (χ1) is 15.2. The molecule has 1 fully saturated rings. The van der Waals surface area contributed by atoms with Crippen LogP contribution in [0.15, 0.2) is 42.6 Å². The van der Waals surface area contributed by atoms with Crippen molar-refractivity contribution in [2.75, 3.05) is 13.1 Å². The second kappa shape index (κ2) is 8.58. The van der Waals surface area contributed by atoms with Crippen LogP contribution in [-0.2, 0) is 16.9 Å². The third kappa shape index (κ3) is 4.37. The number of nitrogens with zero attached hydrogens (tertiary/aromatic N) is 5. The number of fused-ring (bicyclic) bond motifs is 1. The predicted octanol–water partition coefficient (Wildman–Crippen LogP) is 4.47. The molecule has 2 aromatic heterocycles. The Balaban J connectivity index is 1.62. The zero-order valence-corrected chi connectivity index (χ0v) is 20.4. The minimum atomic E-state index is -0.620. The minimum Gasteiger partial charge on any atom is -0.472 e. The van der Waals surface area contributed by atoms with E-state index in [4.69, 9.17) is 14.6 Å². The molecule has 0 N–H and O–H groups in total. The van der Waals surface area contributed by atoms with Gasteiger partial charge in [0.05, 0.1) is 36.5 Å². The van der Waals surface area contributed by atoms with Crippen LogP contribution in [0.25, 0.3) is 10.9 Å². The van der Waals surface area contributed by atoms with Gasteiger partial charge in [0, 0.05) is 6.20 Å². The summed E-state index contributed by atoms with van der Waals surface area (Å²) in [6.07, 6.45) is 1.52. The van der Waals surface area contributed by atoms with Gasteiger partial charge in [-0.05, 0) is 55.0 Å². The molecule has 0 bridgehead atoms. The number of aromatic nitrogens is 3. The Morgan fingerprint density at radius 2 is 1.97 bits per heavy atom. The van der Waals surface area contributed by atoms with Crippen LogP contribution >= 0.6 is 22.6 Å². The Morgan fingerprint density at radius 3 is 2.62 bits per heavy atom. The Morgan fingerprint density at radius 1 is 1.25 bits per heavy atom. The lowest BCUT2D eigenvalue weighted by Crippen LogP contribution is -2.64. The highest BCUT2D eigenvalue weighted by Crippen LogP contribution is 2.38. The molecule has 0 aliphatic carbocycles. The van der Waals surface area contributed by atoms with Crippen molar-refractivity contribution in [3.8, 4) is 11.9 Å². The SMILES string of the molecule is CC(C)(C)OC(=O)N1CC(CC#N)(n2nc(I)c3c(OCc4ccccc4)nccc32)C1. The molecule has 0 unspecified atom stereocenters. The van der Waals surface area contributed by atoms with Gasteiger partial charge >= 0.3 is 6.09 Å². The quantitative estimate of drug-likeness (QED) is 0.440. The number of ether oxygens (including phenoxy) is 2. The maximum absolute atomic E-state index is 12.5. The van der Waals surface area contributed by atoms with E-state index in [2.05, 4.69) is 33.6 Å². The average Bonchev–Trinajstić information content (AvgIpc) is 3.06. The fourth-order valence-corrected chi connectivity index (χ4v) is 4.50. The molecule has 0 spiro atoms. The van der Waals surface area contributed by atoms with E-state index in [0.29, 0.717) is 25.6 Å². The lowest BCUT2D eigenvalue weighted by molar-refractivity contribution is -0.0300. The van der Waals surface area contributed by atoms with E-state index >= 15 is 0 Å². The summed E-state index contributed by atoms with van der Waals surface area (Å²) in [4.78, 5) is 18.5. The van der Waals surface area contributed by atoms with Crippen molar-refractivity contribution in [1.29, 1.82) is 5.26 Å². The van der Waals surface area contributed by atoms with E-state index in [1.54, 1.807) is 11.1 Å². The molecule has 0 saturated carbocycles. The Labute approximate surface area is 200 Å². The molecule has 1 aromatic carbocycles. The van der Waals surface area contributed by atoms with Gasteiger partial charge in [0.15, 0.2) is 0 Å². The third-order valence-electron chi connectivity index (χ3n) is 5.21. The summed E-state index contributed by atoms with van der Waals surface area (Å²) in [6.45, 7) is 6.60. The van der Waals surface area contributed by atoms with Crippen molar-refractivity contribution in [1.82, 2.24) is 19.7 Å². The molecule has 32 heavy (non-hydrogen) atoms. The smallest absolute Gasteiger partial charge is 0.410 e. The van der Waals surface area contributed by atoms with Crippen molar-refractivity contribution >= 4 is 39.6 Å². The van der Waals surface area contributed by atoms with Gasteiger partial charge < -0.3 is 14.4 Å². The van der Waals surface area contributed by atoms with E-state index in [-0.39, 0.29) is 12.5 Å². The predicted molar refractivity (Wildman–Crippen MR) is 127 cm³/mol. The van der Waals surface area contributed by atoms with Crippen LogP contribution in [0.4, 0.5) is 4.79 Å². The van der Waals surface area contributed by atoms with Gasteiger partial charge in [-0.2, -0.15) is 10.4 Å². The molecular formula is C23H24IN5O3. The highest BCUT2D eigenvalue weighted by Gasteiger charge is 2.49. The highest BCUT2D eigenvalue weighted by molar-refractivity contribution is 14.1. The van der Waals surface area contributed by atoms with Crippen LogP contribution in [0.5, 0.6) is 5.88 Å². The van der Waals surface area contributed by atoms with Crippen LogP contribution < -0.4 is 4.74 Å². The van der Waals surface area contributed by atoms with Gasteiger partial charge in [-0.25, -0.2) is 9.78 Å². The maximum atomic E-state index is 12.5. The van der Waals surface area contributed by atoms with Crippen LogP contribution in [0, 0.1) is 15.0 Å². The summed E-state index contributed by atoms with van der Waals surface area (Å²) >= 11 is 2.16. The average molecular weight is 545 g/mol. The molecule has 8 nitrogen and oxygen atoms in total. The number of amides is 1. The normalized spacial score (nSPS) is 15.2. The molecule has 9 heteroatoms. The van der Waals surface area contributed by atoms with E-state index < -0.39 is 11.1 Å². The summed E-state index contributed by atoms with van der Waals surface area (Å²) in [5, 5.41) is 15.1. The molecule has 3 aromatic rings. The lowest BCUT2D eigenvalue weighted by Gasteiger charge is -2.48. The molecule has 3 heterocycles. The van der Waals surface area contributed by atoms with Crippen LogP contribution in [-0.4, -0.2) is 44.4 Å².